The standard InChI is InChI=1S/C21H18FN3O3S/c22-16-6-1-2-7-18(16)24-10-12-25(13-11-24)29(27,28)19-9-8-17-20-14(19)4-3-5-15(20)21(26)23-17/h1-9H,10-13H2,(H,23,26). The van der Waals surface area contributed by atoms with Gasteiger partial charge in [-0.2, -0.15) is 4.31 Å². The molecule has 2 aliphatic heterocycles. The smallest absolute Gasteiger partial charge is 0.256 e. The van der Waals surface area contributed by atoms with Gasteiger partial charge >= 0.3 is 0 Å². The fourth-order valence-electron chi connectivity index (χ4n) is 4.10. The third-order valence-electron chi connectivity index (χ3n) is 5.54. The van der Waals surface area contributed by atoms with Crippen LogP contribution in [0.25, 0.3) is 10.8 Å². The summed E-state index contributed by atoms with van der Waals surface area (Å²) < 4.78 is 42.2. The largest absolute Gasteiger partial charge is 0.367 e. The number of halogens is 1. The molecule has 6 nitrogen and oxygen atoms in total. The van der Waals surface area contributed by atoms with Crippen LogP contribution in [-0.2, 0) is 10.0 Å². The number of sulfonamides is 1. The molecule has 2 heterocycles. The van der Waals surface area contributed by atoms with Crippen molar-refractivity contribution in [2.45, 2.75) is 4.90 Å². The Kier molecular flexibility index (Phi) is 4.07. The molecule has 1 saturated heterocycles. The maximum Gasteiger partial charge on any atom is 0.256 e. The predicted octanol–water partition coefficient (Wildman–Crippen LogP) is 3.06. The normalized spacial score (nSPS) is 17.0. The zero-order valence-corrected chi connectivity index (χ0v) is 16.2. The number of amides is 1. The van der Waals surface area contributed by atoms with Gasteiger partial charge in [0.25, 0.3) is 5.91 Å². The van der Waals surface area contributed by atoms with Crippen molar-refractivity contribution >= 4 is 38.1 Å². The first kappa shape index (κ1) is 18.1. The molecule has 1 fully saturated rings. The second-order valence-electron chi connectivity index (χ2n) is 7.14. The van der Waals surface area contributed by atoms with Crippen molar-refractivity contribution in [3.63, 3.8) is 0 Å². The molecule has 29 heavy (non-hydrogen) atoms. The second-order valence-corrected chi connectivity index (χ2v) is 9.04. The number of hydrogen-bond donors (Lipinski definition) is 1. The molecule has 0 radical (unpaired) electrons. The molecule has 2 aliphatic rings. The Balaban J connectivity index is 1.47. The molecule has 0 aromatic heterocycles. The van der Waals surface area contributed by atoms with E-state index in [0.717, 1.165) is 0 Å². The van der Waals surface area contributed by atoms with E-state index < -0.39 is 10.0 Å². The Morgan fingerprint density at radius 3 is 2.41 bits per heavy atom. The van der Waals surface area contributed by atoms with Gasteiger partial charge in [0.1, 0.15) is 5.82 Å². The van der Waals surface area contributed by atoms with Gasteiger partial charge in [-0.3, -0.25) is 4.79 Å². The summed E-state index contributed by atoms with van der Waals surface area (Å²) in [6, 6.07) is 14.8. The molecule has 0 bridgehead atoms. The summed E-state index contributed by atoms with van der Waals surface area (Å²) in [6.45, 7) is 1.33. The summed E-state index contributed by atoms with van der Waals surface area (Å²) >= 11 is 0. The number of para-hydroxylation sites is 1. The minimum absolute atomic E-state index is 0.189. The van der Waals surface area contributed by atoms with Gasteiger partial charge in [-0.1, -0.05) is 24.3 Å². The number of nitrogens with zero attached hydrogens (tertiary/aromatic N) is 2. The van der Waals surface area contributed by atoms with Gasteiger partial charge in [-0.05, 0) is 30.3 Å². The van der Waals surface area contributed by atoms with Crippen LogP contribution in [-0.4, -0.2) is 44.8 Å². The Bertz CT molecular complexity index is 1250. The zero-order valence-electron chi connectivity index (χ0n) is 15.4. The van der Waals surface area contributed by atoms with E-state index in [-0.39, 0.29) is 29.7 Å². The molecular weight excluding hydrogens is 393 g/mol. The molecule has 0 atom stereocenters. The zero-order chi connectivity index (χ0) is 20.2. The van der Waals surface area contributed by atoms with Crippen LogP contribution in [0.2, 0.25) is 0 Å². The monoisotopic (exact) mass is 411 g/mol. The summed E-state index contributed by atoms with van der Waals surface area (Å²) in [5, 5.41) is 3.95. The van der Waals surface area contributed by atoms with Crippen molar-refractivity contribution in [2.75, 3.05) is 36.4 Å². The number of anilines is 2. The third kappa shape index (κ3) is 2.79. The summed E-state index contributed by atoms with van der Waals surface area (Å²) in [5.74, 6) is -0.535. The van der Waals surface area contributed by atoms with Crippen LogP contribution in [0.15, 0.2) is 59.5 Å². The number of benzene rings is 3. The molecule has 5 rings (SSSR count). The average Bonchev–Trinajstić information content (AvgIpc) is 3.06. The minimum atomic E-state index is -3.75. The van der Waals surface area contributed by atoms with Gasteiger partial charge in [-0.15, -0.1) is 0 Å². The van der Waals surface area contributed by atoms with E-state index in [1.807, 2.05) is 4.90 Å². The molecule has 0 saturated carbocycles. The highest BCUT2D eigenvalue weighted by Gasteiger charge is 2.32. The molecule has 0 spiro atoms. The van der Waals surface area contributed by atoms with Gasteiger partial charge < -0.3 is 10.2 Å². The minimum Gasteiger partial charge on any atom is -0.367 e. The fourth-order valence-corrected chi connectivity index (χ4v) is 5.71. The van der Waals surface area contributed by atoms with E-state index in [2.05, 4.69) is 5.32 Å². The first-order valence-electron chi connectivity index (χ1n) is 9.33. The lowest BCUT2D eigenvalue weighted by Crippen LogP contribution is -2.48. The Morgan fingerprint density at radius 1 is 0.897 bits per heavy atom. The van der Waals surface area contributed by atoms with E-state index >= 15 is 0 Å². The van der Waals surface area contributed by atoms with Crippen LogP contribution in [0.4, 0.5) is 15.8 Å². The Hall–Kier alpha value is -2.97. The molecular formula is C21H18FN3O3S. The van der Waals surface area contributed by atoms with Crippen LogP contribution in [0.3, 0.4) is 0 Å². The highest BCUT2D eigenvalue weighted by Crippen LogP contribution is 2.37. The van der Waals surface area contributed by atoms with Crippen molar-refractivity contribution in [1.82, 2.24) is 4.31 Å². The SMILES string of the molecule is O=C1Nc2ccc(S(=O)(=O)N3CCN(c4ccccc4F)CC3)c3cccc1c23. The summed E-state index contributed by atoms with van der Waals surface area (Å²) in [6.07, 6.45) is 0. The van der Waals surface area contributed by atoms with Crippen molar-refractivity contribution in [2.24, 2.45) is 0 Å². The van der Waals surface area contributed by atoms with Gasteiger partial charge in [0.2, 0.25) is 10.0 Å². The maximum absolute atomic E-state index is 14.1. The van der Waals surface area contributed by atoms with Crippen LogP contribution in [0.1, 0.15) is 10.4 Å². The Morgan fingerprint density at radius 2 is 1.66 bits per heavy atom. The lowest BCUT2D eigenvalue weighted by molar-refractivity contribution is 0.103. The number of carbonyl (C=O) groups excluding carboxylic acids is 1. The van der Waals surface area contributed by atoms with Gasteiger partial charge in [0.05, 0.1) is 10.6 Å². The van der Waals surface area contributed by atoms with E-state index in [4.69, 9.17) is 0 Å². The molecule has 3 aromatic rings. The lowest BCUT2D eigenvalue weighted by atomic mass is 10.1. The average molecular weight is 411 g/mol. The molecule has 148 valence electrons. The fraction of sp³-hybridized carbons (Fsp3) is 0.190. The number of hydrogen-bond acceptors (Lipinski definition) is 4. The van der Waals surface area contributed by atoms with Crippen LogP contribution in [0, 0.1) is 5.82 Å². The lowest BCUT2D eigenvalue weighted by Gasteiger charge is -2.35. The van der Waals surface area contributed by atoms with E-state index in [9.17, 15) is 17.6 Å². The van der Waals surface area contributed by atoms with E-state index in [0.29, 0.717) is 40.8 Å². The van der Waals surface area contributed by atoms with E-state index in [1.165, 1.54) is 10.4 Å². The van der Waals surface area contributed by atoms with Gasteiger partial charge in [0.15, 0.2) is 0 Å². The molecule has 0 aliphatic carbocycles. The molecule has 0 unspecified atom stereocenters. The second kappa shape index (κ2) is 6.53. The predicted molar refractivity (Wildman–Crippen MR) is 109 cm³/mol. The number of rotatable bonds is 3. The van der Waals surface area contributed by atoms with Crippen molar-refractivity contribution in [1.29, 1.82) is 0 Å². The Labute approximate surface area is 167 Å². The molecule has 1 N–H and O–H groups in total. The first-order chi connectivity index (χ1) is 14.0. The van der Waals surface area contributed by atoms with Gasteiger partial charge in [0, 0.05) is 48.2 Å². The van der Waals surface area contributed by atoms with Crippen LogP contribution >= 0.6 is 0 Å². The molecule has 8 heteroatoms. The first-order valence-corrected chi connectivity index (χ1v) is 10.8. The van der Waals surface area contributed by atoms with Crippen LogP contribution in [0.5, 0.6) is 0 Å². The highest BCUT2D eigenvalue weighted by molar-refractivity contribution is 7.89. The van der Waals surface area contributed by atoms with E-state index in [1.54, 1.807) is 48.5 Å². The van der Waals surface area contributed by atoms with Crippen molar-refractivity contribution < 1.29 is 17.6 Å². The highest BCUT2D eigenvalue weighted by atomic mass is 32.2. The van der Waals surface area contributed by atoms with Crippen molar-refractivity contribution in [3.05, 3.63) is 66.0 Å². The maximum atomic E-state index is 14.1. The summed E-state index contributed by atoms with van der Waals surface area (Å²) in [5.41, 5.74) is 1.60. The summed E-state index contributed by atoms with van der Waals surface area (Å²) in [7, 11) is -3.75. The quantitative estimate of drug-likeness (QED) is 0.719. The number of piperazine rings is 1. The number of nitrogens with one attached hydrogen (secondary N) is 1. The third-order valence-corrected chi connectivity index (χ3v) is 7.50. The summed E-state index contributed by atoms with van der Waals surface area (Å²) in [4.78, 5) is 14.1. The topological polar surface area (TPSA) is 69.7 Å². The molecule has 3 aromatic carbocycles. The molecule has 1 amide bonds. The van der Waals surface area contributed by atoms with Gasteiger partial charge in [-0.25, -0.2) is 12.8 Å². The van der Waals surface area contributed by atoms with Crippen LogP contribution < -0.4 is 10.2 Å². The van der Waals surface area contributed by atoms with Crippen molar-refractivity contribution in [3.8, 4) is 0 Å². The number of carbonyl (C=O) groups is 1.